The Labute approximate surface area is 115 Å². The second-order valence-electron chi connectivity index (χ2n) is 5.54. The zero-order chi connectivity index (χ0) is 13.7. The van der Waals surface area contributed by atoms with Gasteiger partial charge in [0.25, 0.3) is 0 Å². The maximum Gasteiger partial charge on any atom is 0.337 e. The summed E-state index contributed by atoms with van der Waals surface area (Å²) in [5.41, 5.74) is 2.40. The molecule has 0 atom stereocenters. The first kappa shape index (κ1) is 14.1. The molecule has 0 aliphatic heterocycles. The lowest BCUT2D eigenvalue weighted by Gasteiger charge is -2.14. The molecule has 1 aromatic carbocycles. The molecule has 2 rings (SSSR count). The first-order valence-corrected chi connectivity index (χ1v) is 7.07. The fraction of sp³-hybridized carbons (Fsp3) is 0.562. The average Bonchev–Trinajstić information content (AvgIpc) is 3.19. The minimum atomic E-state index is -0.278. The van der Waals surface area contributed by atoms with E-state index in [-0.39, 0.29) is 5.97 Å². The van der Waals surface area contributed by atoms with Crippen molar-refractivity contribution in [2.45, 2.75) is 39.2 Å². The topological polar surface area (TPSA) is 38.3 Å². The molecular formula is C16H23NO2. The molecule has 1 aromatic rings. The summed E-state index contributed by atoms with van der Waals surface area (Å²) < 4.78 is 4.68. The third kappa shape index (κ3) is 3.80. The summed E-state index contributed by atoms with van der Waals surface area (Å²) in [6.07, 6.45) is 5.35. The molecular weight excluding hydrogens is 238 g/mol. The summed E-state index contributed by atoms with van der Waals surface area (Å²) in [5, 5.41) is 3.54. The lowest BCUT2D eigenvalue weighted by Crippen LogP contribution is -2.23. The fourth-order valence-electron chi connectivity index (χ4n) is 2.57. The molecule has 3 heteroatoms. The highest BCUT2D eigenvalue weighted by Gasteiger charge is 2.40. The Balaban J connectivity index is 1.79. The van der Waals surface area contributed by atoms with E-state index >= 15 is 0 Å². The van der Waals surface area contributed by atoms with Crippen LogP contribution in [0.5, 0.6) is 0 Å². The highest BCUT2D eigenvalue weighted by atomic mass is 16.5. The Morgan fingerprint density at radius 2 is 2.00 bits per heavy atom. The number of rotatable bonds is 7. The molecule has 3 nitrogen and oxygen atoms in total. The number of ether oxygens (including phenoxy) is 1. The van der Waals surface area contributed by atoms with E-state index in [0.717, 1.165) is 13.1 Å². The van der Waals surface area contributed by atoms with Crippen LogP contribution in [-0.4, -0.2) is 19.6 Å². The smallest absolute Gasteiger partial charge is 0.337 e. The van der Waals surface area contributed by atoms with Gasteiger partial charge in [0.2, 0.25) is 0 Å². The average molecular weight is 261 g/mol. The van der Waals surface area contributed by atoms with Crippen molar-refractivity contribution >= 4 is 5.97 Å². The van der Waals surface area contributed by atoms with Crippen LogP contribution in [0.1, 0.15) is 48.5 Å². The second kappa shape index (κ2) is 6.20. The predicted molar refractivity (Wildman–Crippen MR) is 76.1 cm³/mol. The number of nitrogens with one attached hydrogen (secondary N) is 1. The summed E-state index contributed by atoms with van der Waals surface area (Å²) in [6, 6.07) is 7.61. The Bertz CT molecular complexity index is 421. The standard InChI is InChI=1S/C16H23NO2/c1-3-8-16(9-10-16)12-17-11-13-4-6-14(7-5-13)15(18)19-2/h4-7,17H,3,8-12H2,1-2H3. The molecule has 1 saturated carbocycles. The highest BCUT2D eigenvalue weighted by molar-refractivity contribution is 5.89. The molecule has 0 bridgehead atoms. The van der Waals surface area contributed by atoms with Crippen molar-refractivity contribution in [3.05, 3.63) is 35.4 Å². The molecule has 1 aliphatic rings. The van der Waals surface area contributed by atoms with Gasteiger partial charge in [-0.05, 0) is 42.4 Å². The minimum Gasteiger partial charge on any atom is -0.465 e. The minimum absolute atomic E-state index is 0.278. The van der Waals surface area contributed by atoms with Crippen molar-refractivity contribution in [3.8, 4) is 0 Å². The van der Waals surface area contributed by atoms with Crippen LogP contribution >= 0.6 is 0 Å². The van der Waals surface area contributed by atoms with E-state index in [1.165, 1.54) is 38.4 Å². The lowest BCUT2D eigenvalue weighted by atomic mass is 10.0. The van der Waals surface area contributed by atoms with Crippen LogP contribution in [-0.2, 0) is 11.3 Å². The first-order valence-electron chi connectivity index (χ1n) is 7.07. The predicted octanol–water partition coefficient (Wildman–Crippen LogP) is 3.14. The van der Waals surface area contributed by atoms with Gasteiger partial charge >= 0.3 is 5.97 Å². The van der Waals surface area contributed by atoms with Crippen molar-refractivity contribution in [1.29, 1.82) is 0 Å². The Morgan fingerprint density at radius 1 is 1.32 bits per heavy atom. The van der Waals surface area contributed by atoms with E-state index in [2.05, 4.69) is 17.0 Å². The van der Waals surface area contributed by atoms with Crippen molar-refractivity contribution in [3.63, 3.8) is 0 Å². The third-order valence-electron chi connectivity index (χ3n) is 3.94. The van der Waals surface area contributed by atoms with E-state index in [9.17, 15) is 4.79 Å². The molecule has 0 heterocycles. The molecule has 0 radical (unpaired) electrons. The van der Waals surface area contributed by atoms with Gasteiger partial charge in [0, 0.05) is 13.1 Å². The Kier molecular flexibility index (Phi) is 4.59. The summed E-state index contributed by atoms with van der Waals surface area (Å²) in [5.74, 6) is -0.278. The van der Waals surface area contributed by atoms with Crippen molar-refractivity contribution in [1.82, 2.24) is 5.32 Å². The van der Waals surface area contributed by atoms with Crippen LogP contribution in [0.3, 0.4) is 0 Å². The van der Waals surface area contributed by atoms with Crippen LogP contribution in [0, 0.1) is 5.41 Å². The zero-order valence-corrected chi connectivity index (χ0v) is 11.9. The SMILES string of the molecule is CCCC1(CNCc2ccc(C(=O)OC)cc2)CC1. The van der Waals surface area contributed by atoms with E-state index in [0.29, 0.717) is 11.0 Å². The summed E-state index contributed by atoms with van der Waals surface area (Å²) in [6.45, 7) is 4.23. The van der Waals surface area contributed by atoms with Gasteiger partial charge in [0.1, 0.15) is 0 Å². The van der Waals surface area contributed by atoms with Gasteiger partial charge in [0.05, 0.1) is 12.7 Å². The third-order valence-corrected chi connectivity index (χ3v) is 3.94. The zero-order valence-electron chi connectivity index (χ0n) is 11.9. The molecule has 0 unspecified atom stereocenters. The maximum absolute atomic E-state index is 11.3. The van der Waals surface area contributed by atoms with Gasteiger partial charge < -0.3 is 10.1 Å². The molecule has 0 amide bonds. The highest BCUT2D eigenvalue weighted by Crippen LogP contribution is 2.48. The summed E-state index contributed by atoms with van der Waals surface area (Å²) >= 11 is 0. The fourth-order valence-corrected chi connectivity index (χ4v) is 2.57. The van der Waals surface area contributed by atoms with E-state index in [4.69, 9.17) is 0 Å². The molecule has 19 heavy (non-hydrogen) atoms. The van der Waals surface area contributed by atoms with Crippen molar-refractivity contribution in [2.24, 2.45) is 5.41 Å². The molecule has 1 fully saturated rings. The molecule has 1 N–H and O–H groups in total. The second-order valence-corrected chi connectivity index (χ2v) is 5.54. The summed E-state index contributed by atoms with van der Waals surface area (Å²) in [4.78, 5) is 11.3. The number of carbonyl (C=O) groups is 1. The first-order chi connectivity index (χ1) is 9.19. The molecule has 0 aromatic heterocycles. The Hall–Kier alpha value is -1.35. The summed E-state index contributed by atoms with van der Waals surface area (Å²) in [7, 11) is 1.40. The van der Waals surface area contributed by atoms with E-state index < -0.39 is 0 Å². The number of hydrogen-bond acceptors (Lipinski definition) is 3. The van der Waals surface area contributed by atoms with Crippen molar-refractivity contribution in [2.75, 3.05) is 13.7 Å². The van der Waals surface area contributed by atoms with Gasteiger partial charge in [-0.3, -0.25) is 0 Å². The van der Waals surface area contributed by atoms with Gasteiger partial charge in [0.15, 0.2) is 0 Å². The Morgan fingerprint density at radius 3 is 2.53 bits per heavy atom. The lowest BCUT2D eigenvalue weighted by molar-refractivity contribution is 0.0600. The van der Waals surface area contributed by atoms with Crippen LogP contribution in [0.4, 0.5) is 0 Å². The van der Waals surface area contributed by atoms with Gasteiger partial charge in [-0.25, -0.2) is 4.79 Å². The van der Waals surface area contributed by atoms with E-state index in [1.54, 1.807) is 0 Å². The number of methoxy groups -OCH3 is 1. The molecule has 104 valence electrons. The van der Waals surface area contributed by atoms with Crippen molar-refractivity contribution < 1.29 is 9.53 Å². The van der Waals surface area contributed by atoms with E-state index in [1.807, 2.05) is 24.3 Å². The molecule has 0 saturated heterocycles. The monoisotopic (exact) mass is 261 g/mol. The largest absolute Gasteiger partial charge is 0.465 e. The maximum atomic E-state index is 11.3. The van der Waals surface area contributed by atoms with Gasteiger partial charge in [-0.1, -0.05) is 25.5 Å². The normalized spacial score (nSPS) is 16.1. The van der Waals surface area contributed by atoms with Crippen LogP contribution < -0.4 is 5.32 Å². The van der Waals surface area contributed by atoms with Crippen LogP contribution in [0.2, 0.25) is 0 Å². The quantitative estimate of drug-likeness (QED) is 0.766. The number of esters is 1. The molecule has 1 aliphatic carbocycles. The number of hydrogen-bond donors (Lipinski definition) is 1. The molecule has 0 spiro atoms. The number of benzene rings is 1. The van der Waals surface area contributed by atoms with Gasteiger partial charge in [-0.15, -0.1) is 0 Å². The van der Waals surface area contributed by atoms with Crippen LogP contribution in [0.25, 0.3) is 0 Å². The van der Waals surface area contributed by atoms with Crippen LogP contribution in [0.15, 0.2) is 24.3 Å². The van der Waals surface area contributed by atoms with Gasteiger partial charge in [-0.2, -0.15) is 0 Å². The number of carbonyl (C=O) groups excluding carboxylic acids is 1.